The number of fused-ring (bicyclic) bond motifs is 2. The van der Waals surface area contributed by atoms with Crippen LogP contribution < -0.4 is 10.2 Å². The molecule has 1 N–H and O–H groups in total. The fraction of sp³-hybridized carbons (Fsp3) is 0.364. The number of likely N-dealkylation sites (N-methyl/N-ethyl adjacent to an activating group) is 1. The second kappa shape index (κ2) is 7.58. The zero-order valence-corrected chi connectivity index (χ0v) is 20.0. The molecule has 5 nitrogen and oxygen atoms in total. The van der Waals surface area contributed by atoms with Crippen LogP contribution in [0.15, 0.2) is 46.9 Å². The average molecular weight is 569 g/mol. The number of rotatable bonds is 3. The molecule has 1 amide bonds. The molecule has 1 heterocycles. The summed E-state index contributed by atoms with van der Waals surface area (Å²) in [5.74, 6) is -0.163. The first kappa shape index (κ1) is 20.7. The molecule has 152 valence electrons. The lowest BCUT2D eigenvalue weighted by molar-refractivity contribution is -0.148. The van der Waals surface area contributed by atoms with Crippen LogP contribution in [0.5, 0.6) is 0 Å². The third-order valence-electron chi connectivity index (χ3n) is 6.29. The molecule has 4 rings (SSSR count). The Hall–Kier alpha value is -1.61. The van der Waals surface area contributed by atoms with Crippen molar-refractivity contribution in [2.45, 2.75) is 36.6 Å². The summed E-state index contributed by atoms with van der Waals surface area (Å²) in [6.07, 6.45) is 2.24. The van der Waals surface area contributed by atoms with E-state index in [2.05, 4.69) is 49.9 Å². The Morgan fingerprint density at radius 1 is 1.17 bits per heavy atom. The Balaban J connectivity index is 1.68. The smallest absolute Gasteiger partial charge is 0.331 e. The molecule has 2 aromatic carbocycles. The zero-order chi connectivity index (χ0) is 20.8. The molecule has 1 saturated carbocycles. The Morgan fingerprint density at radius 3 is 2.55 bits per heavy atom. The summed E-state index contributed by atoms with van der Waals surface area (Å²) >= 11 is 5.77. The number of nitrogens with one attached hydrogen (secondary N) is 1. The van der Waals surface area contributed by atoms with E-state index in [-0.39, 0.29) is 11.9 Å². The van der Waals surface area contributed by atoms with E-state index in [1.165, 1.54) is 7.11 Å². The Bertz CT molecular complexity index is 986. The number of amides is 1. The van der Waals surface area contributed by atoms with Gasteiger partial charge < -0.3 is 15.0 Å². The van der Waals surface area contributed by atoms with Gasteiger partial charge in [0.15, 0.2) is 0 Å². The van der Waals surface area contributed by atoms with Gasteiger partial charge in [0.1, 0.15) is 5.54 Å². The van der Waals surface area contributed by atoms with Crippen LogP contribution in [-0.2, 0) is 19.7 Å². The third kappa shape index (κ3) is 3.36. The van der Waals surface area contributed by atoms with Crippen LogP contribution in [0, 0.1) is 3.57 Å². The van der Waals surface area contributed by atoms with Crippen molar-refractivity contribution in [1.82, 2.24) is 0 Å². The third-order valence-corrected chi connectivity index (χ3v) is 7.46. The second-order valence-corrected chi connectivity index (χ2v) is 9.98. The summed E-state index contributed by atoms with van der Waals surface area (Å²) in [4.78, 5) is 27.9. The summed E-state index contributed by atoms with van der Waals surface area (Å²) in [6, 6.07) is 13.9. The van der Waals surface area contributed by atoms with E-state index in [4.69, 9.17) is 4.74 Å². The van der Waals surface area contributed by atoms with Crippen LogP contribution in [0.2, 0.25) is 0 Å². The predicted octanol–water partition coefficient (Wildman–Crippen LogP) is 4.87. The average Bonchev–Trinajstić information content (AvgIpc) is 2.91. The van der Waals surface area contributed by atoms with Crippen LogP contribution in [0.4, 0.5) is 11.4 Å². The number of esters is 1. The topological polar surface area (TPSA) is 58.6 Å². The molecule has 7 heteroatoms. The molecule has 1 aliphatic heterocycles. The number of halogens is 2. The lowest BCUT2D eigenvalue weighted by atomic mass is 9.64. The van der Waals surface area contributed by atoms with Gasteiger partial charge in [0.05, 0.1) is 12.5 Å². The molecular formula is C22H22BrIN2O3. The zero-order valence-electron chi connectivity index (χ0n) is 16.3. The van der Waals surface area contributed by atoms with Crippen molar-refractivity contribution in [3.63, 3.8) is 0 Å². The van der Waals surface area contributed by atoms with Crippen LogP contribution in [0.1, 0.15) is 31.2 Å². The quantitative estimate of drug-likeness (QED) is 0.424. The van der Waals surface area contributed by atoms with Crippen LogP contribution in [0.25, 0.3) is 0 Å². The van der Waals surface area contributed by atoms with Gasteiger partial charge in [0.2, 0.25) is 5.91 Å². The van der Waals surface area contributed by atoms with Crippen molar-refractivity contribution < 1.29 is 14.3 Å². The van der Waals surface area contributed by atoms with Gasteiger partial charge >= 0.3 is 5.97 Å². The number of carbonyl (C=O) groups excluding carboxylic acids is 2. The van der Waals surface area contributed by atoms with E-state index in [1.54, 1.807) is 4.90 Å². The van der Waals surface area contributed by atoms with Gasteiger partial charge in [0.25, 0.3) is 0 Å². The van der Waals surface area contributed by atoms with E-state index in [1.807, 2.05) is 43.4 Å². The van der Waals surface area contributed by atoms with Crippen molar-refractivity contribution in [1.29, 1.82) is 0 Å². The normalized spacial score (nSPS) is 25.8. The molecule has 1 fully saturated rings. The fourth-order valence-corrected chi connectivity index (χ4v) is 5.62. The van der Waals surface area contributed by atoms with Crippen LogP contribution in [0.3, 0.4) is 0 Å². The highest BCUT2D eigenvalue weighted by Crippen LogP contribution is 2.52. The minimum atomic E-state index is -0.843. The number of ether oxygens (including phenoxy) is 1. The maximum Gasteiger partial charge on any atom is 0.331 e. The second-order valence-electron chi connectivity index (χ2n) is 7.82. The number of hydrogen-bond donors (Lipinski definition) is 1. The lowest BCUT2D eigenvalue weighted by Gasteiger charge is -2.43. The fourth-order valence-electron chi connectivity index (χ4n) is 4.73. The Morgan fingerprint density at radius 2 is 1.90 bits per heavy atom. The summed E-state index contributed by atoms with van der Waals surface area (Å²) in [7, 11) is 3.26. The predicted molar refractivity (Wildman–Crippen MR) is 125 cm³/mol. The monoisotopic (exact) mass is 568 g/mol. The molecule has 0 unspecified atom stereocenters. The number of anilines is 2. The highest BCUT2D eigenvalue weighted by atomic mass is 127. The molecular weight excluding hydrogens is 547 g/mol. The molecule has 0 saturated heterocycles. The Labute approximate surface area is 192 Å². The summed E-state index contributed by atoms with van der Waals surface area (Å²) in [5, 5.41) is 3.42. The number of carbonyl (C=O) groups is 2. The minimum absolute atomic E-state index is 0.121. The van der Waals surface area contributed by atoms with E-state index in [0.717, 1.165) is 25.0 Å². The highest BCUT2D eigenvalue weighted by molar-refractivity contribution is 14.1. The molecule has 0 radical (unpaired) electrons. The number of methoxy groups -OCH3 is 1. The first-order chi connectivity index (χ1) is 13.8. The summed E-state index contributed by atoms with van der Waals surface area (Å²) in [5.41, 5.74) is 1.50. The van der Waals surface area contributed by atoms with Crippen molar-refractivity contribution in [3.8, 4) is 0 Å². The number of hydrogen-bond acceptors (Lipinski definition) is 4. The Kier molecular flexibility index (Phi) is 5.40. The van der Waals surface area contributed by atoms with E-state index >= 15 is 0 Å². The van der Waals surface area contributed by atoms with Crippen molar-refractivity contribution in [2.75, 3.05) is 24.4 Å². The molecule has 1 aliphatic carbocycles. The van der Waals surface area contributed by atoms with Gasteiger partial charge in [-0.25, -0.2) is 4.79 Å². The standard InChI is InChI=1S/C22H22BrIN2O3/c1-26-18-7-6-15(24)13-17(18)21(19(26)27)8-10-22(11-9-21,20(28)29-2)25-16-5-3-4-14(23)12-16/h3-7,12-13,25H,8-11H2,1-2H3. The van der Waals surface area contributed by atoms with Gasteiger partial charge in [-0.15, -0.1) is 0 Å². The molecule has 29 heavy (non-hydrogen) atoms. The molecule has 2 aliphatic rings. The van der Waals surface area contributed by atoms with Crippen LogP contribution in [-0.4, -0.2) is 31.6 Å². The van der Waals surface area contributed by atoms with Gasteiger partial charge in [0, 0.05) is 26.5 Å². The largest absolute Gasteiger partial charge is 0.467 e. The van der Waals surface area contributed by atoms with Gasteiger partial charge in [-0.05, 0) is 90.2 Å². The summed E-state index contributed by atoms with van der Waals surface area (Å²) < 4.78 is 7.22. The van der Waals surface area contributed by atoms with Crippen molar-refractivity contribution >= 4 is 61.8 Å². The summed E-state index contributed by atoms with van der Waals surface area (Å²) in [6.45, 7) is 0. The molecule has 0 atom stereocenters. The van der Waals surface area contributed by atoms with E-state index in [0.29, 0.717) is 25.7 Å². The SMILES string of the molecule is COC(=O)C1(Nc2cccc(Br)c2)CCC2(CC1)C(=O)N(C)c1ccc(I)cc12. The molecule has 0 bridgehead atoms. The lowest BCUT2D eigenvalue weighted by Crippen LogP contribution is -2.54. The van der Waals surface area contributed by atoms with Gasteiger partial charge in [-0.3, -0.25) is 4.79 Å². The maximum absolute atomic E-state index is 13.3. The van der Waals surface area contributed by atoms with Gasteiger partial charge in [-0.1, -0.05) is 22.0 Å². The van der Waals surface area contributed by atoms with Crippen molar-refractivity contribution in [2.24, 2.45) is 0 Å². The molecule has 2 aromatic rings. The minimum Gasteiger partial charge on any atom is -0.467 e. The molecule has 1 spiro atoms. The number of benzene rings is 2. The first-order valence-corrected chi connectivity index (χ1v) is 11.4. The van der Waals surface area contributed by atoms with E-state index < -0.39 is 11.0 Å². The van der Waals surface area contributed by atoms with E-state index in [9.17, 15) is 9.59 Å². The highest BCUT2D eigenvalue weighted by Gasteiger charge is 2.56. The molecule has 0 aromatic heterocycles. The van der Waals surface area contributed by atoms with Crippen LogP contribution >= 0.6 is 38.5 Å². The first-order valence-electron chi connectivity index (χ1n) is 9.52. The maximum atomic E-state index is 13.3. The van der Waals surface area contributed by atoms with Gasteiger partial charge in [-0.2, -0.15) is 0 Å². The number of nitrogens with zero attached hydrogens (tertiary/aromatic N) is 1. The van der Waals surface area contributed by atoms with Crippen molar-refractivity contribution in [3.05, 3.63) is 56.1 Å².